The van der Waals surface area contributed by atoms with Crippen molar-refractivity contribution in [1.82, 2.24) is 9.88 Å². The Morgan fingerprint density at radius 3 is 2.48 bits per heavy atom. The van der Waals surface area contributed by atoms with E-state index >= 15 is 0 Å². The summed E-state index contributed by atoms with van der Waals surface area (Å²) >= 11 is 6.44. The number of likely N-dealkylation sites (tertiary alicyclic amines) is 1. The van der Waals surface area contributed by atoms with Crippen molar-refractivity contribution in [2.75, 3.05) is 18.4 Å². The maximum absolute atomic E-state index is 13.4. The number of carbonyl (C=O) groups excluding carboxylic acids is 1. The number of aryl methyl sites for hydroxylation is 2. The van der Waals surface area contributed by atoms with Crippen LogP contribution in [0, 0.1) is 31.0 Å². The topological polar surface area (TPSA) is 69.0 Å². The maximum Gasteiger partial charge on any atom is 0.257 e. The molecule has 1 saturated heterocycles. The number of rotatable bonds is 4. The van der Waals surface area contributed by atoms with Gasteiger partial charge in [-0.1, -0.05) is 23.7 Å². The van der Waals surface area contributed by atoms with Gasteiger partial charge in [0.05, 0.1) is 27.5 Å². The fraction of sp³-hybridized carbons (Fsp3) is 0.269. The van der Waals surface area contributed by atoms with Crippen LogP contribution in [-0.4, -0.2) is 28.9 Å². The van der Waals surface area contributed by atoms with Gasteiger partial charge in [-0.2, -0.15) is 5.26 Å². The molecule has 3 aromatic rings. The molecule has 4 rings (SSSR count). The maximum atomic E-state index is 13.4. The van der Waals surface area contributed by atoms with Crippen molar-refractivity contribution < 1.29 is 9.18 Å². The summed E-state index contributed by atoms with van der Waals surface area (Å²) in [5.41, 5.74) is 5.01. The van der Waals surface area contributed by atoms with E-state index in [0.29, 0.717) is 46.5 Å². The number of nitriles is 1. The minimum Gasteiger partial charge on any atom is -0.352 e. The molecule has 168 valence electrons. The highest BCUT2D eigenvalue weighted by molar-refractivity contribution is 6.34. The molecule has 0 spiro atoms. The zero-order chi connectivity index (χ0) is 23.5. The van der Waals surface area contributed by atoms with Crippen LogP contribution in [0.5, 0.6) is 0 Å². The van der Waals surface area contributed by atoms with E-state index in [1.807, 2.05) is 38.1 Å². The van der Waals surface area contributed by atoms with E-state index < -0.39 is 0 Å². The van der Waals surface area contributed by atoms with Crippen LogP contribution in [0.15, 0.2) is 48.8 Å². The third kappa shape index (κ3) is 4.84. The summed E-state index contributed by atoms with van der Waals surface area (Å²) in [5, 5.41) is 13.1. The number of pyridine rings is 1. The first-order valence-electron chi connectivity index (χ1n) is 10.8. The first-order valence-corrected chi connectivity index (χ1v) is 11.2. The second kappa shape index (κ2) is 9.60. The Labute approximate surface area is 197 Å². The Bertz CT molecular complexity index is 1230. The average Bonchev–Trinajstić information content (AvgIpc) is 2.82. The second-order valence-electron chi connectivity index (χ2n) is 8.38. The van der Waals surface area contributed by atoms with E-state index in [1.54, 1.807) is 4.90 Å². The van der Waals surface area contributed by atoms with Crippen LogP contribution in [0.25, 0.3) is 0 Å². The molecular weight excluding hydrogens is 439 g/mol. The molecule has 0 atom stereocenters. The third-order valence-electron chi connectivity index (χ3n) is 6.27. The lowest BCUT2D eigenvalue weighted by atomic mass is 9.89. The van der Waals surface area contributed by atoms with Crippen LogP contribution < -0.4 is 5.32 Å². The summed E-state index contributed by atoms with van der Waals surface area (Å²) in [6.45, 7) is 5.08. The number of amides is 1. The normalized spacial score (nSPS) is 14.1. The van der Waals surface area contributed by atoms with Crippen molar-refractivity contribution in [3.63, 3.8) is 0 Å². The smallest absolute Gasteiger partial charge is 0.257 e. The van der Waals surface area contributed by atoms with Crippen molar-refractivity contribution in [1.29, 1.82) is 5.26 Å². The van der Waals surface area contributed by atoms with Gasteiger partial charge in [0, 0.05) is 25.5 Å². The number of nitrogens with zero attached hydrogens (tertiary/aromatic N) is 3. The van der Waals surface area contributed by atoms with Crippen molar-refractivity contribution in [2.24, 2.45) is 0 Å². The quantitative estimate of drug-likeness (QED) is 0.506. The van der Waals surface area contributed by atoms with Crippen LogP contribution in [0.3, 0.4) is 0 Å². The molecule has 2 heterocycles. The standard InChI is InChI=1S/C26H24ClFN4O/c1-16-11-20(13-29)24(12-17(16)2)31-25-22(14-30-15-23(25)27)26(33)32-9-7-19(8-10-32)18-3-5-21(28)6-4-18/h3-6,11-12,14-15,19H,7-10H2,1-2H3,(H,30,31). The largest absolute Gasteiger partial charge is 0.352 e. The summed E-state index contributed by atoms with van der Waals surface area (Å²) < 4.78 is 13.2. The Morgan fingerprint density at radius 2 is 1.82 bits per heavy atom. The van der Waals surface area contributed by atoms with Gasteiger partial charge in [0.15, 0.2) is 0 Å². The van der Waals surface area contributed by atoms with E-state index in [2.05, 4.69) is 16.4 Å². The molecule has 0 aliphatic carbocycles. The van der Waals surface area contributed by atoms with Gasteiger partial charge in [0.25, 0.3) is 5.91 Å². The van der Waals surface area contributed by atoms with Crippen LogP contribution in [0.1, 0.15) is 51.4 Å². The number of anilines is 2. The number of aromatic nitrogens is 1. The van der Waals surface area contributed by atoms with Gasteiger partial charge in [-0.25, -0.2) is 4.39 Å². The molecule has 0 radical (unpaired) electrons. The van der Waals surface area contributed by atoms with Crippen LogP contribution >= 0.6 is 11.6 Å². The zero-order valence-corrected chi connectivity index (χ0v) is 19.3. The van der Waals surface area contributed by atoms with Gasteiger partial charge >= 0.3 is 0 Å². The molecule has 1 aromatic heterocycles. The number of hydrogen-bond donors (Lipinski definition) is 1. The zero-order valence-electron chi connectivity index (χ0n) is 18.5. The molecule has 1 amide bonds. The lowest BCUT2D eigenvalue weighted by molar-refractivity contribution is 0.0713. The summed E-state index contributed by atoms with van der Waals surface area (Å²) in [4.78, 5) is 19.3. The predicted octanol–water partition coefficient (Wildman–Crippen LogP) is 6.13. The van der Waals surface area contributed by atoms with E-state index in [-0.39, 0.29) is 11.7 Å². The predicted molar refractivity (Wildman–Crippen MR) is 127 cm³/mol. The summed E-state index contributed by atoms with van der Waals surface area (Å²) in [5.74, 6) is -0.117. The van der Waals surface area contributed by atoms with E-state index in [4.69, 9.17) is 11.6 Å². The minimum atomic E-state index is -0.247. The molecular formula is C26H24ClFN4O. The Kier molecular flexibility index (Phi) is 6.62. The molecule has 1 aliphatic rings. The second-order valence-corrected chi connectivity index (χ2v) is 8.79. The summed E-state index contributed by atoms with van der Waals surface area (Å²) in [7, 11) is 0. The number of benzene rings is 2. The van der Waals surface area contributed by atoms with Crippen molar-refractivity contribution in [2.45, 2.75) is 32.6 Å². The number of carbonyl (C=O) groups is 1. The van der Waals surface area contributed by atoms with Gasteiger partial charge in [0.2, 0.25) is 0 Å². The molecule has 0 unspecified atom stereocenters. The fourth-order valence-corrected chi connectivity index (χ4v) is 4.40. The fourth-order valence-electron chi connectivity index (χ4n) is 4.19. The van der Waals surface area contributed by atoms with Gasteiger partial charge in [-0.15, -0.1) is 0 Å². The first kappa shape index (κ1) is 22.8. The van der Waals surface area contributed by atoms with E-state index in [1.165, 1.54) is 24.5 Å². The van der Waals surface area contributed by atoms with E-state index in [9.17, 15) is 14.4 Å². The molecule has 2 aromatic carbocycles. The van der Waals surface area contributed by atoms with Crippen LogP contribution in [0.2, 0.25) is 5.02 Å². The monoisotopic (exact) mass is 462 g/mol. The average molecular weight is 463 g/mol. The molecule has 7 heteroatoms. The first-order chi connectivity index (χ1) is 15.9. The minimum absolute atomic E-state index is 0.160. The number of nitrogens with one attached hydrogen (secondary N) is 1. The van der Waals surface area contributed by atoms with Crippen LogP contribution in [0.4, 0.5) is 15.8 Å². The van der Waals surface area contributed by atoms with Crippen LogP contribution in [-0.2, 0) is 0 Å². The number of piperidine rings is 1. The molecule has 33 heavy (non-hydrogen) atoms. The highest BCUT2D eigenvalue weighted by Crippen LogP contribution is 2.34. The van der Waals surface area contributed by atoms with E-state index in [0.717, 1.165) is 29.5 Å². The third-order valence-corrected chi connectivity index (χ3v) is 6.55. The lowest BCUT2D eigenvalue weighted by Crippen LogP contribution is -2.38. The summed E-state index contributed by atoms with van der Waals surface area (Å²) in [6, 6.07) is 12.5. The highest BCUT2D eigenvalue weighted by atomic mass is 35.5. The number of halogens is 2. The molecule has 0 bridgehead atoms. The number of hydrogen-bond acceptors (Lipinski definition) is 4. The lowest BCUT2D eigenvalue weighted by Gasteiger charge is -2.32. The van der Waals surface area contributed by atoms with Gasteiger partial charge in [-0.3, -0.25) is 9.78 Å². The Hall–Kier alpha value is -3.43. The molecule has 0 saturated carbocycles. The summed E-state index contributed by atoms with van der Waals surface area (Å²) in [6.07, 6.45) is 4.58. The molecule has 5 nitrogen and oxygen atoms in total. The van der Waals surface area contributed by atoms with Crippen molar-refractivity contribution in [3.8, 4) is 6.07 Å². The van der Waals surface area contributed by atoms with Gasteiger partial charge in [0.1, 0.15) is 11.9 Å². The molecule has 1 N–H and O–H groups in total. The Morgan fingerprint density at radius 1 is 1.15 bits per heavy atom. The van der Waals surface area contributed by atoms with Crippen molar-refractivity contribution >= 4 is 28.9 Å². The molecule has 1 aliphatic heterocycles. The Balaban J connectivity index is 1.55. The van der Waals surface area contributed by atoms with Gasteiger partial charge in [-0.05, 0) is 73.6 Å². The molecule has 1 fully saturated rings. The SMILES string of the molecule is Cc1cc(C#N)c(Nc2c(Cl)cncc2C(=O)N2CCC(c3ccc(F)cc3)CC2)cc1C. The highest BCUT2D eigenvalue weighted by Gasteiger charge is 2.27. The van der Waals surface area contributed by atoms with Crippen molar-refractivity contribution in [3.05, 3.63) is 87.4 Å². The van der Waals surface area contributed by atoms with Gasteiger partial charge < -0.3 is 10.2 Å².